The van der Waals surface area contributed by atoms with Crippen LogP contribution in [0.3, 0.4) is 0 Å². The molecule has 0 bridgehead atoms. The number of ether oxygens (including phenoxy) is 1. The second kappa shape index (κ2) is 6.14. The number of hydrogen-bond acceptors (Lipinski definition) is 3. The zero-order valence-corrected chi connectivity index (χ0v) is 10.0. The monoisotopic (exact) mass is 218 g/mol. The summed E-state index contributed by atoms with van der Waals surface area (Å²) in [6.07, 6.45) is 0. The Balaban J connectivity index is 2.67. The largest absolute Gasteiger partial charge is 0.384 e. The maximum atomic E-state index is 9.09. The number of aryl methyl sites for hydroxylation is 1. The Labute approximate surface area is 97.0 Å². The molecular formula is C13H18N2O. The van der Waals surface area contributed by atoms with E-state index >= 15 is 0 Å². The summed E-state index contributed by atoms with van der Waals surface area (Å²) < 4.78 is 5.06. The van der Waals surface area contributed by atoms with Crippen molar-refractivity contribution in [2.24, 2.45) is 5.92 Å². The lowest BCUT2D eigenvalue weighted by Crippen LogP contribution is -2.28. The molecule has 0 aliphatic carbocycles. The first-order valence-corrected chi connectivity index (χ1v) is 5.39. The van der Waals surface area contributed by atoms with Crippen molar-refractivity contribution in [3.63, 3.8) is 0 Å². The molecule has 0 aromatic heterocycles. The Hall–Kier alpha value is -1.53. The first-order chi connectivity index (χ1) is 7.67. The quantitative estimate of drug-likeness (QED) is 0.826. The van der Waals surface area contributed by atoms with Crippen LogP contribution in [0.2, 0.25) is 0 Å². The van der Waals surface area contributed by atoms with Gasteiger partial charge in [0.15, 0.2) is 0 Å². The maximum absolute atomic E-state index is 9.09. The zero-order valence-electron chi connectivity index (χ0n) is 10.0. The van der Waals surface area contributed by atoms with Crippen LogP contribution in [-0.2, 0) is 4.74 Å². The van der Waals surface area contributed by atoms with E-state index in [4.69, 9.17) is 10.00 Å². The fourth-order valence-corrected chi connectivity index (χ4v) is 1.58. The molecule has 0 amide bonds. The van der Waals surface area contributed by atoms with Crippen molar-refractivity contribution < 1.29 is 4.74 Å². The lowest BCUT2D eigenvalue weighted by atomic mass is 10.0. The fourth-order valence-electron chi connectivity index (χ4n) is 1.58. The van der Waals surface area contributed by atoms with Crippen LogP contribution in [0.25, 0.3) is 0 Å². The average molecular weight is 218 g/mol. The molecule has 0 aliphatic heterocycles. The lowest BCUT2D eigenvalue weighted by molar-refractivity contribution is 0.157. The van der Waals surface area contributed by atoms with Crippen molar-refractivity contribution in [2.75, 3.05) is 19.0 Å². The normalized spacial score (nSPS) is 13.9. The number of anilines is 1. The summed E-state index contributed by atoms with van der Waals surface area (Å²) in [5, 5.41) is 12.3. The molecule has 0 radical (unpaired) electrons. The van der Waals surface area contributed by atoms with E-state index < -0.39 is 0 Å². The Morgan fingerprint density at radius 1 is 1.50 bits per heavy atom. The summed E-state index contributed by atoms with van der Waals surface area (Å²) in [7, 11) is 1.65. The molecule has 1 aromatic carbocycles. The Morgan fingerprint density at radius 3 is 2.81 bits per heavy atom. The SMILES string of the molecule is COCC(C)C(C#N)Nc1cccc(C)c1. The van der Waals surface area contributed by atoms with Crippen molar-refractivity contribution in [1.82, 2.24) is 0 Å². The standard InChI is InChI=1S/C13H18N2O/c1-10-5-4-6-12(7-10)15-13(8-14)11(2)9-16-3/h4-7,11,13,15H,9H2,1-3H3. The number of nitrogens with one attached hydrogen (secondary N) is 1. The highest BCUT2D eigenvalue weighted by Gasteiger charge is 2.16. The van der Waals surface area contributed by atoms with Gasteiger partial charge in [-0.15, -0.1) is 0 Å². The molecule has 16 heavy (non-hydrogen) atoms. The molecule has 3 nitrogen and oxygen atoms in total. The highest BCUT2D eigenvalue weighted by molar-refractivity contribution is 5.47. The first kappa shape index (κ1) is 12.5. The van der Waals surface area contributed by atoms with Gasteiger partial charge < -0.3 is 10.1 Å². The van der Waals surface area contributed by atoms with Gasteiger partial charge in [0.05, 0.1) is 12.7 Å². The van der Waals surface area contributed by atoms with Gasteiger partial charge in [-0.25, -0.2) is 0 Å². The summed E-state index contributed by atoms with van der Waals surface area (Å²) in [4.78, 5) is 0. The second-order valence-electron chi connectivity index (χ2n) is 4.05. The van der Waals surface area contributed by atoms with Gasteiger partial charge in [0.2, 0.25) is 0 Å². The molecule has 1 rings (SSSR count). The van der Waals surface area contributed by atoms with Crippen molar-refractivity contribution in [2.45, 2.75) is 19.9 Å². The van der Waals surface area contributed by atoms with E-state index in [9.17, 15) is 0 Å². The van der Waals surface area contributed by atoms with Crippen LogP contribution >= 0.6 is 0 Å². The highest BCUT2D eigenvalue weighted by Crippen LogP contribution is 2.14. The molecule has 2 unspecified atom stereocenters. The minimum Gasteiger partial charge on any atom is -0.384 e. The van der Waals surface area contributed by atoms with Gasteiger partial charge in [-0.1, -0.05) is 19.1 Å². The average Bonchev–Trinajstić information content (AvgIpc) is 2.26. The second-order valence-corrected chi connectivity index (χ2v) is 4.05. The molecule has 1 N–H and O–H groups in total. The molecule has 0 fully saturated rings. The molecule has 2 atom stereocenters. The van der Waals surface area contributed by atoms with Gasteiger partial charge in [-0.2, -0.15) is 5.26 Å². The number of benzene rings is 1. The molecular weight excluding hydrogens is 200 g/mol. The van der Waals surface area contributed by atoms with Crippen LogP contribution in [-0.4, -0.2) is 19.8 Å². The van der Waals surface area contributed by atoms with Crippen molar-refractivity contribution in [3.05, 3.63) is 29.8 Å². The van der Waals surface area contributed by atoms with E-state index in [1.807, 2.05) is 38.1 Å². The molecule has 1 aromatic rings. The van der Waals surface area contributed by atoms with Crippen LogP contribution in [0.4, 0.5) is 5.69 Å². The third-order valence-electron chi connectivity index (χ3n) is 2.48. The summed E-state index contributed by atoms with van der Waals surface area (Å²) in [5.74, 6) is 0.163. The van der Waals surface area contributed by atoms with Gasteiger partial charge >= 0.3 is 0 Å². The molecule has 3 heteroatoms. The highest BCUT2D eigenvalue weighted by atomic mass is 16.5. The topological polar surface area (TPSA) is 45.0 Å². The number of nitriles is 1. The van der Waals surface area contributed by atoms with E-state index in [0.29, 0.717) is 6.61 Å². The van der Waals surface area contributed by atoms with Crippen molar-refractivity contribution in [3.8, 4) is 6.07 Å². The Morgan fingerprint density at radius 2 is 2.25 bits per heavy atom. The van der Waals surface area contributed by atoms with E-state index in [1.54, 1.807) is 7.11 Å². The third-order valence-corrected chi connectivity index (χ3v) is 2.48. The van der Waals surface area contributed by atoms with Gasteiger partial charge in [-0.05, 0) is 24.6 Å². The molecule has 0 spiro atoms. The molecule has 0 saturated heterocycles. The number of nitrogens with zero attached hydrogens (tertiary/aromatic N) is 1. The zero-order chi connectivity index (χ0) is 12.0. The Bertz CT molecular complexity index is 370. The summed E-state index contributed by atoms with van der Waals surface area (Å²) in [6, 6.07) is 10.1. The van der Waals surface area contributed by atoms with Crippen LogP contribution in [0.15, 0.2) is 24.3 Å². The number of rotatable bonds is 5. The summed E-state index contributed by atoms with van der Waals surface area (Å²) >= 11 is 0. The number of hydrogen-bond donors (Lipinski definition) is 1. The van der Waals surface area contributed by atoms with Crippen LogP contribution in [0.5, 0.6) is 0 Å². The fraction of sp³-hybridized carbons (Fsp3) is 0.462. The minimum atomic E-state index is -0.221. The molecule has 86 valence electrons. The van der Waals surface area contributed by atoms with Gasteiger partial charge in [-0.3, -0.25) is 0 Å². The van der Waals surface area contributed by atoms with E-state index in [-0.39, 0.29) is 12.0 Å². The van der Waals surface area contributed by atoms with Crippen molar-refractivity contribution in [1.29, 1.82) is 5.26 Å². The lowest BCUT2D eigenvalue weighted by Gasteiger charge is -2.19. The minimum absolute atomic E-state index is 0.163. The molecule has 0 saturated carbocycles. The van der Waals surface area contributed by atoms with E-state index in [2.05, 4.69) is 11.4 Å². The van der Waals surface area contributed by atoms with Gasteiger partial charge in [0.1, 0.15) is 6.04 Å². The molecule has 0 aliphatic rings. The van der Waals surface area contributed by atoms with E-state index in [0.717, 1.165) is 5.69 Å². The first-order valence-electron chi connectivity index (χ1n) is 5.39. The van der Waals surface area contributed by atoms with Gasteiger partial charge in [0.25, 0.3) is 0 Å². The summed E-state index contributed by atoms with van der Waals surface area (Å²) in [5.41, 5.74) is 2.16. The predicted octanol–water partition coefficient (Wildman–Crippen LogP) is 2.58. The maximum Gasteiger partial charge on any atom is 0.119 e. The molecule has 0 heterocycles. The van der Waals surface area contributed by atoms with Crippen LogP contribution in [0.1, 0.15) is 12.5 Å². The Kier molecular flexibility index (Phi) is 4.81. The number of methoxy groups -OCH3 is 1. The smallest absolute Gasteiger partial charge is 0.119 e. The predicted molar refractivity (Wildman–Crippen MR) is 65.2 cm³/mol. The van der Waals surface area contributed by atoms with Crippen LogP contribution < -0.4 is 5.32 Å². The van der Waals surface area contributed by atoms with Gasteiger partial charge in [0, 0.05) is 18.7 Å². The van der Waals surface area contributed by atoms with E-state index in [1.165, 1.54) is 5.56 Å². The third kappa shape index (κ3) is 3.56. The van der Waals surface area contributed by atoms with Crippen LogP contribution in [0, 0.1) is 24.2 Å². The summed E-state index contributed by atoms with van der Waals surface area (Å²) in [6.45, 7) is 4.61. The van der Waals surface area contributed by atoms with Crippen molar-refractivity contribution >= 4 is 5.69 Å².